The Bertz CT molecular complexity index is 1210. The fourth-order valence-electron chi connectivity index (χ4n) is 4.91. The van der Waals surface area contributed by atoms with Gasteiger partial charge in [0.15, 0.2) is 11.5 Å². The van der Waals surface area contributed by atoms with Crippen molar-refractivity contribution in [3.05, 3.63) is 48.2 Å². The molecule has 1 aliphatic heterocycles. The molecule has 2 aliphatic rings. The zero-order valence-corrected chi connectivity index (χ0v) is 19.5. The van der Waals surface area contributed by atoms with E-state index >= 15 is 0 Å². The number of rotatable bonds is 6. The van der Waals surface area contributed by atoms with E-state index in [0.717, 1.165) is 0 Å². The van der Waals surface area contributed by atoms with Crippen LogP contribution in [-0.4, -0.2) is 52.5 Å². The molecule has 2 heterocycles. The molecule has 1 saturated carbocycles. The van der Waals surface area contributed by atoms with Gasteiger partial charge in [0.2, 0.25) is 11.8 Å². The normalized spacial score (nSPS) is 21.2. The van der Waals surface area contributed by atoms with E-state index in [1.807, 2.05) is 0 Å². The number of methoxy groups -OCH3 is 1. The summed E-state index contributed by atoms with van der Waals surface area (Å²) in [5, 5.41) is 25.0. The van der Waals surface area contributed by atoms with Crippen molar-refractivity contribution in [3.8, 4) is 17.4 Å². The van der Waals surface area contributed by atoms with Crippen LogP contribution in [0.2, 0.25) is 0 Å². The summed E-state index contributed by atoms with van der Waals surface area (Å²) >= 11 is 0. The summed E-state index contributed by atoms with van der Waals surface area (Å²) in [5.74, 6) is 1.32. The number of carbonyl (C=O) groups excluding carboxylic acids is 1. The lowest BCUT2D eigenvalue weighted by Gasteiger charge is -2.33. The van der Waals surface area contributed by atoms with Crippen molar-refractivity contribution < 1.29 is 29.2 Å². The second-order valence-electron chi connectivity index (χ2n) is 9.02. The Morgan fingerprint density at radius 3 is 2.63 bits per heavy atom. The van der Waals surface area contributed by atoms with Gasteiger partial charge in [-0.1, -0.05) is 12.1 Å². The van der Waals surface area contributed by atoms with Gasteiger partial charge in [-0.25, -0.2) is 9.97 Å². The molecule has 2 atom stereocenters. The number of carbonyl (C=O) groups is 1. The van der Waals surface area contributed by atoms with Crippen LogP contribution in [0.15, 0.2) is 42.6 Å². The second-order valence-corrected chi connectivity index (χ2v) is 9.02. The van der Waals surface area contributed by atoms with Crippen LogP contribution in [0.5, 0.6) is 17.4 Å². The van der Waals surface area contributed by atoms with E-state index in [1.165, 1.54) is 13.3 Å². The van der Waals surface area contributed by atoms with Crippen LogP contribution in [0.4, 0.5) is 5.69 Å². The van der Waals surface area contributed by atoms with Crippen molar-refractivity contribution in [2.24, 2.45) is 11.8 Å². The third kappa shape index (κ3) is 4.87. The van der Waals surface area contributed by atoms with Crippen LogP contribution in [0.1, 0.15) is 37.4 Å². The number of ether oxygens (including phenoxy) is 3. The molecule has 184 valence electrons. The van der Waals surface area contributed by atoms with Crippen molar-refractivity contribution in [2.75, 3.05) is 25.6 Å². The number of anilines is 1. The van der Waals surface area contributed by atoms with Gasteiger partial charge in [0.1, 0.15) is 19.3 Å². The number of para-hydroxylation sites is 1. The summed E-state index contributed by atoms with van der Waals surface area (Å²) in [4.78, 5) is 21.6. The zero-order valence-electron chi connectivity index (χ0n) is 19.5. The Morgan fingerprint density at radius 1 is 1.09 bits per heavy atom. The van der Waals surface area contributed by atoms with Crippen molar-refractivity contribution >= 4 is 22.6 Å². The van der Waals surface area contributed by atoms with E-state index in [9.17, 15) is 15.0 Å². The maximum Gasteiger partial charge on any atom is 0.232 e. The van der Waals surface area contributed by atoms with Gasteiger partial charge in [0.25, 0.3) is 0 Å². The number of amides is 1. The van der Waals surface area contributed by atoms with E-state index in [2.05, 4.69) is 15.3 Å². The monoisotopic (exact) mass is 479 g/mol. The molecule has 5 rings (SSSR count). The summed E-state index contributed by atoms with van der Waals surface area (Å²) < 4.78 is 16.3. The Balaban J connectivity index is 1.21. The van der Waals surface area contributed by atoms with Crippen molar-refractivity contribution in [2.45, 2.75) is 37.9 Å². The summed E-state index contributed by atoms with van der Waals surface area (Å²) in [6.07, 6.45) is 1.96. The molecule has 0 bridgehead atoms. The van der Waals surface area contributed by atoms with Gasteiger partial charge in [-0.05, 0) is 49.8 Å². The second kappa shape index (κ2) is 10.1. The molecule has 1 amide bonds. The third-order valence-corrected chi connectivity index (χ3v) is 6.87. The van der Waals surface area contributed by atoms with E-state index in [1.54, 1.807) is 36.4 Å². The molecule has 0 radical (unpaired) electrons. The van der Waals surface area contributed by atoms with Gasteiger partial charge in [-0.3, -0.25) is 4.79 Å². The van der Waals surface area contributed by atoms with Crippen LogP contribution in [-0.2, 0) is 4.79 Å². The molecule has 3 aromatic rings. The highest BCUT2D eigenvalue weighted by atomic mass is 16.6. The number of nitrogens with zero attached hydrogens (tertiary/aromatic N) is 2. The molecule has 2 unspecified atom stereocenters. The molecule has 35 heavy (non-hydrogen) atoms. The highest BCUT2D eigenvalue weighted by molar-refractivity contribution is 5.93. The van der Waals surface area contributed by atoms with Crippen LogP contribution >= 0.6 is 0 Å². The highest BCUT2D eigenvalue weighted by Gasteiger charge is 2.34. The Kier molecular flexibility index (Phi) is 6.70. The van der Waals surface area contributed by atoms with E-state index < -0.39 is 12.2 Å². The first-order chi connectivity index (χ1) is 17.0. The topological polar surface area (TPSA) is 123 Å². The van der Waals surface area contributed by atoms with Crippen molar-refractivity contribution in [1.29, 1.82) is 0 Å². The minimum Gasteiger partial charge on any atom is -0.486 e. The minimum absolute atomic E-state index is 0.0495. The van der Waals surface area contributed by atoms with Crippen LogP contribution < -0.4 is 19.5 Å². The van der Waals surface area contributed by atoms with Crippen molar-refractivity contribution in [1.82, 2.24) is 9.97 Å². The standard InChI is InChI=1S/C26H29N3O6/c1-33-22-14-27-19-4-2-3-18(23(19)29-22)25(31)24(30)15-5-7-16(8-6-15)26(32)28-17-9-10-20-21(13-17)35-12-11-34-20/h2-4,9-10,13-16,24-25,30-31H,5-8,11-12H2,1H3,(H,28,32). The quantitative estimate of drug-likeness (QED) is 0.492. The number of aliphatic hydroxyl groups is 2. The van der Waals surface area contributed by atoms with Gasteiger partial charge in [0, 0.05) is 23.2 Å². The molecule has 9 nitrogen and oxygen atoms in total. The number of fused-ring (bicyclic) bond motifs is 2. The van der Waals surface area contributed by atoms with Gasteiger partial charge in [-0.15, -0.1) is 0 Å². The molecular weight excluding hydrogens is 450 g/mol. The van der Waals surface area contributed by atoms with E-state index in [0.29, 0.717) is 78.6 Å². The lowest BCUT2D eigenvalue weighted by atomic mass is 9.77. The summed E-state index contributed by atoms with van der Waals surface area (Å²) in [5.41, 5.74) is 2.31. The predicted molar refractivity (Wildman–Crippen MR) is 129 cm³/mol. The predicted octanol–water partition coefficient (Wildman–Crippen LogP) is 3.25. The average Bonchev–Trinajstić information content (AvgIpc) is 2.91. The number of hydrogen-bond acceptors (Lipinski definition) is 8. The first kappa shape index (κ1) is 23.3. The van der Waals surface area contributed by atoms with Gasteiger partial charge >= 0.3 is 0 Å². The smallest absolute Gasteiger partial charge is 0.232 e. The summed E-state index contributed by atoms with van der Waals surface area (Å²) in [7, 11) is 1.51. The van der Waals surface area contributed by atoms with Gasteiger partial charge in [0.05, 0.1) is 30.4 Å². The van der Waals surface area contributed by atoms with E-state index in [4.69, 9.17) is 14.2 Å². The number of aliphatic hydroxyl groups excluding tert-OH is 2. The minimum atomic E-state index is -1.12. The molecule has 1 aromatic heterocycles. The largest absolute Gasteiger partial charge is 0.486 e. The van der Waals surface area contributed by atoms with E-state index in [-0.39, 0.29) is 17.7 Å². The first-order valence-corrected chi connectivity index (χ1v) is 11.9. The summed E-state index contributed by atoms with van der Waals surface area (Å²) in [6.45, 7) is 1.01. The third-order valence-electron chi connectivity index (χ3n) is 6.87. The Morgan fingerprint density at radius 2 is 1.86 bits per heavy atom. The Labute approximate surface area is 203 Å². The molecule has 9 heteroatoms. The molecule has 1 aliphatic carbocycles. The molecule has 2 aromatic carbocycles. The number of aromatic nitrogens is 2. The maximum absolute atomic E-state index is 12.9. The molecule has 0 saturated heterocycles. The first-order valence-electron chi connectivity index (χ1n) is 11.9. The van der Waals surface area contributed by atoms with Crippen LogP contribution in [0.3, 0.4) is 0 Å². The molecule has 3 N–H and O–H groups in total. The molecule has 0 spiro atoms. The average molecular weight is 480 g/mol. The molecular formula is C26H29N3O6. The molecule has 1 fully saturated rings. The highest BCUT2D eigenvalue weighted by Crippen LogP contribution is 2.37. The Hall–Kier alpha value is -3.43. The fourth-order valence-corrected chi connectivity index (χ4v) is 4.91. The number of benzene rings is 2. The van der Waals surface area contributed by atoms with Gasteiger partial charge in [-0.2, -0.15) is 0 Å². The SMILES string of the molecule is COc1cnc2cccc(C(O)C(O)C3CCC(C(=O)Nc4ccc5c(c4)OCCO5)CC3)c2n1. The zero-order chi connectivity index (χ0) is 24.4. The van der Waals surface area contributed by atoms with Gasteiger partial charge < -0.3 is 29.7 Å². The number of hydrogen-bond donors (Lipinski definition) is 3. The summed E-state index contributed by atoms with van der Waals surface area (Å²) in [6, 6.07) is 10.7. The lowest BCUT2D eigenvalue weighted by Crippen LogP contribution is -2.34. The van der Waals surface area contributed by atoms with Crippen molar-refractivity contribution in [3.63, 3.8) is 0 Å². The van der Waals surface area contributed by atoms with Crippen LogP contribution in [0.25, 0.3) is 11.0 Å². The number of nitrogens with one attached hydrogen (secondary N) is 1. The van der Waals surface area contributed by atoms with Crippen LogP contribution in [0, 0.1) is 11.8 Å². The lowest BCUT2D eigenvalue weighted by molar-refractivity contribution is -0.121. The fraction of sp³-hybridized carbons (Fsp3) is 0.423. The maximum atomic E-state index is 12.9.